The number of allylic oxidation sites excluding steroid dienone is 1. The fourth-order valence-electron chi connectivity index (χ4n) is 7.34. The number of ether oxygens (including phenoxy) is 1. The van der Waals surface area contributed by atoms with Gasteiger partial charge in [-0.2, -0.15) is 0 Å². The van der Waals surface area contributed by atoms with Gasteiger partial charge in [0.1, 0.15) is 5.60 Å². The first-order valence-electron chi connectivity index (χ1n) is 9.89. The van der Waals surface area contributed by atoms with Crippen molar-refractivity contribution >= 4 is 9.84 Å². The first-order valence-corrected chi connectivity index (χ1v) is 11.5. The van der Waals surface area contributed by atoms with Crippen LogP contribution in [0.25, 0.3) is 0 Å². The highest BCUT2D eigenvalue weighted by molar-refractivity contribution is 7.92. The molecule has 0 aromatic heterocycles. The minimum atomic E-state index is -2.90. The molecular weight excluding hydrogens is 320 g/mol. The van der Waals surface area contributed by atoms with Crippen LogP contribution >= 0.6 is 0 Å². The third-order valence-electron chi connectivity index (χ3n) is 8.64. The van der Waals surface area contributed by atoms with Crippen molar-refractivity contribution in [3.8, 4) is 0 Å². The Morgan fingerprint density at radius 1 is 1.00 bits per heavy atom. The molecule has 6 aliphatic rings. The molecule has 0 aromatic carbocycles. The molecule has 0 aromatic rings. The van der Waals surface area contributed by atoms with Crippen molar-refractivity contribution in [1.29, 1.82) is 0 Å². The summed E-state index contributed by atoms with van der Waals surface area (Å²) in [4.78, 5) is 0. The molecule has 7 atom stereocenters. The Bertz CT molecular complexity index is 657. The van der Waals surface area contributed by atoms with E-state index in [2.05, 4.69) is 20.4 Å². The van der Waals surface area contributed by atoms with Crippen LogP contribution in [0, 0.1) is 35.5 Å². The van der Waals surface area contributed by atoms with Crippen molar-refractivity contribution in [2.24, 2.45) is 35.5 Å². The van der Waals surface area contributed by atoms with Crippen LogP contribution in [0.4, 0.5) is 0 Å². The molecular formula is C20H30O3S. The van der Waals surface area contributed by atoms with Crippen LogP contribution in [0.5, 0.6) is 0 Å². The molecule has 3 nitrogen and oxygen atoms in total. The maximum Gasteiger partial charge on any atom is 0.156 e. The summed E-state index contributed by atoms with van der Waals surface area (Å²) in [6.07, 6.45) is 6.81. The van der Waals surface area contributed by atoms with Gasteiger partial charge in [0.05, 0.1) is 16.3 Å². The van der Waals surface area contributed by atoms with Crippen molar-refractivity contribution in [2.75, 3.05) is 0 Å². The van der Waals surface area contributed by atoms with E-state index in [4.69, 9.17) is 4.74 Å². The Balaban J connectivity index is 1.35. The molecule has 6 rings (SSSR count). The van der Waals surface area contributed by atoms with Crippen LogP contribution in [0.3, 0.4) is 0 Å². The lowest BCUT2D eigenvalue weighted by Gasteiger charge is -2.56. The second kappa shape index (κ2) is 4.81. The average Bonchev–Trinajstić information content (AvgIpc) is 3.05. The molecule has 24 heavy (non-hydrogen) atoms. The zero-order chi connectivity index (χ0) is 16.9. The van der Waals surface area contributed by atoms with Crippen LogP contribution in [0.2, 0.25) is 0 Å². The highest BCUT2D eigenvalue weighted by Crippen LogP contribution is 2.59. The average molecular weight is 351 g/mol. The number of sulfone groups is 1. The van der Waals surface area contributed by atoms with Gasteiger partial charge in [0.2, 0.25) is 0 Å². The van der Waals surface area contributed by atoms with Crippen LogP contribution in [-0.2, 0) is 14.6 Å². The van der Waals surface area contributed by atoms with Crippen molar-refractivity contribution in [3.63, 3.8) is 0 Å². The smallest absolute Gasteiger partial charge is 0.156 e. The van der Waals surface area contributed by atoms with Gasteiger partial charge < -0.3 is 4.74 Å². The van der Waals surface area contributed by atoms with E-state index in [0.29, 0.717) is 24.7 Å². The molecule has 6 fully saturated rings. The summed E-state index contributed by atoms with van der Waals surface area (Å²) in [6.45, 7) is 9.15. The predicted molar refractivity (Wildman–Crippen MR) is 94.1 cm³/mol. The molecule has 7 unspecified atom stereocenters. The fourth-order valence-corrected chi connectivity index (χ4v) is 10.0. The summed E-state index contributed by atoms with van der Waals surface area (Å²) < 4.78 is 31.7. The SMILES string of the molecule is C=C(OC12CC3CC(C1)S(=O)(=O)C(C3)C2)C1CC2CC1C(C)C2C. The zero-order valence-electron chi connectivity index (χ0n) is 14.9. The largest absolute Gasteiger partial charge is 0.492 e. The molecule has 0 spiro atoms. The maximum absolute atomic E-state index is 12.6. The van der Waals surface area contributed by atoms with Gasteiger partial charge in [-0.1, -0.05) is 20.4 Å². The maximum atomic E-state index is 12.6. The van der Waals surface area contributed by atoms with Gasteiger partial charge in [-0.3, -0.25) is 0 Å². The van der Waals surface area contributed by atoms with Gasteiger partial charge in [-0.05, 0) is 61.7 Å². The monoisotopic (exact) mass is 350 g/mol. The molecule has 134 valence electrons. The lowest BCUT2D eigenvalue weighted by atomic mass is 9.67. The van der Waals surface area contributed by atoms with Crippen molar-refractivity contribution < 1.29 is 13.2 Å². The van der Waals surface area contributed by atoms with E-state index in [-0.39, 0.29) is 16.1 Å². The van der Waals surface area contributed by atoms with Crippen LogP contribution in [0.1, 0.15) is 58.8 Å². The zero-order valence-corrected chi connectivity index (χ0v) is 15.7. The van der Waals surface area contributed by atoms with Gasteiger partial charge in [0, 0.05) is 18.8 Å². The Morgan fingerprint density at radius 2 is 1.67 bits per heavy atom. The highest BCUT2D eigenvalue weighted by atomic mass is 32.2. The van der Waals surface area contributed by atoms with Gasteiger partial charge in [0.15, 0.2) is 9.84 Å². The minimum absolute atomic E-state index is 0.143. The minimum Gasteiger partial charge on any atom is -0.492 e. The summed E-state index contributed by atoms with van der Waals surface area (Å²) in [6, 6.07) is 0. The molecule has 2 saturated heterocycles. The van der Waals surface area contributed by atoms with E-state index in [1.54, 1.807) is 0 Å². The third-order valence-corrected chi connectivity index (χ3v) is 11.2. The molecule has 0 radical (unpaired) electrons. The van der Waals surface area contributed by atoms with E-state index in [0.717, 1.165) is 48.7 Å². The summed E-state index contributed by atoms with van der Waals surface area (Å²) in [5.41, 5.74) is -0.213. The van der Waals surface area contributed by atoms with Gasteiger partial charge in [-0.15, -0.1) is 0 Å². The predicted octanol–water partition coefficient (Wildman–Crippen LogP) is 3.94. The van der Waals surface area contributed by atoms with Crippen molar-refractivity contribution in [1.82, 2.24) is 0 Å². The number of hydrogen-bond acceptors (Lipinski definition) is 3. The molecule has 0 amide bonds. The van der Waals surface area contributed by atoms with Crippen LogP contribution in [0.15, 0.2) is 12.3 Å². The Kier molecular flexibility index (Phi) is 3.15. The summed E-state index contributed by atoms with van der Waals surface area (Å²) in [5, 5.41) is -0.286. The van der Waals surface area contributed by atoms with Gasteiger partial charge in [0.25, 0.3) is 0 Å². The lowest BCUT2D eigenvalue weighted by molar-refractivity contribution is -0.0886. The Labute approximate surface area is 146 Å². The standard InChI is InChI=1S/C20H30O3S/c1-11-12(2)18-6-15(11)7-19(18)13(3)23-20-8-14-4-16(9-20)24(21,22)17(5-14)10-20/h11-12,14-19H,3-10H2,1-2H3. The number of rotatable bonds is 3. The second-order valence-corrected chi connectivity index (χ2v) is 12.3. The summed E-state index contributed by atoms with van der Waals surface area (Å²) in [5.74, 6) is 5.22. The van der Waals surface area contributed by atoms with Crippen LogP contribution < -0.4 is 0 Å². The fraction of sp³-hybridized carbons (Fsp3) is 0.900. The Morgan fingerprint density at radius 3 is 2.25 bits per heavy atom. The van der Waals surface area contributed by atoms with Crippen molar-refractivity contribution in [3.05, 3.63) is 12.3 Å². The molecule has 4 heteroatoms. The Hall–Kier alpha value is -0.510. The quantitative estimate of drug-likeness (QED) is 0.724. The first kappa shape index (κ1) is 15.7. The van der Waals surface area contributed by atoms with E-state index in [1.165, 1.54) is 12.8 Å². The topological polar surface area (TPSA) is 43.4 Å². The third kappa shape index (κ3) is 1.98. The lowest BCUT2D eigenvalue weighted by Crippen LogP contribution is -2.60. The molecule has 6 bridgehead atoms. The normalized spacial score (nSPS) is 56.6. The summed E-state index contributed by atoms with van der Waals surface area (Å²) >= 11 is 0. The van der Waals surface area contributed by atoms with Crippen LogP contribution in [-0.4, -0.2) is 24.5 Å². The van der Waals surface area contributed by atoms with Gasteiger partial charge in [-0.25, -0.2) is 8.42 Å². The summed E-state index contributed by atoms with van der Waals surface area (Å²) in [7, 11) is -2.90. The van der Waals surface area contributed by atoms with E-state index in [1.807, 2.05) is 0 Å². The first-order chi connectivity index (χ1) is 11.3. The molecule has 2 heterocycles. The van der Waals surface area contributed by atoms with E-state index >= 15 is 0 Å². The highest BCUT2D eigenvalue weighted by Gasteiger charge is 2.60. The number of hydrogen-bond donors (Lipinski definition) is 0. The second-order valence-electron chi connectivity index (χ2n) is 9.75. The molecule has 2 aliphatic heterocycles. The number of fused-ring (bicyclic) bond motifs is 2. The molecule has 4 aliphatic carbocycles. The molecule has 0 N–H and O–H groups in total. The molecule has 4 saturated carbocycles. The van der Waals surface area contributed by atoms with E-state index < -0.39 is 9.84 Å². The van der Waals surface area contributed by atoms with Gasteiger partial charge >= 0.3 is 0 Å². The van der Waals surface area contributed by atoms with E-state index in [9.17, 15) is 8.42 Å². The van der Waals surface area contributed by atoms with Crippen molar-refractivity contribution in [2.45, 2.75) is 74.9 Å².